The number of carbonyl (C=O) groups is 1. The molecule has 1 fully saturated rings. The van der Waals surface area contributed by atoms with Crippen LogP contribution in [0.4, 0.5) is 0 Å². The summed E-state index contributed by atoms with van der Waals surface area (Å²) in [6.45, 7) is 7.97. The molecule has 1 aromatic carbocycles. The summed E-state index contributed by atoms with van der Waals surface area (Å²) in [6, 6.07) is 5.47. The van der Waals surface area contributed by atoms with E-state index in [2.05, 4.69) is 0 Å². The highest BCUT2D eigenvalue weighted by atomic mass is 16.7. The Labute approximate surface area is 125 Å². The van der Waals surface area contributed by atoms with Gasteiger partial charge in [0.1, 0.15) is 5.75 Å². The molecule has 6 heteroatoms. The Morgan fingerprint density at radius 3 is 2.29 bits per heavy atom. The molecule has 1 aliphatic heterocycles. The van der Waals surface area contributed by atoms with Gasteiger partial charge in [0.25, 0.3) is 0 Å². The molecular weight excluding hydrogens is 269 g/mol. The highest BCUT2D eigenvalue weighted by Gasteiger charge is 2.52. The minimum atomic E-state index is -0.530. The standard InChI is InChI=1S/C15H22BNO4/c1-14(2)15(3,4)21-16(20-14)11-8-10(9-13(17)18)6-7-12(11)19-5/h6-8H,9H2,1-5H3,(H2,17,18). The average molecular weight is 291 g/mol. The molecule has 5 nitrogen and oxygen atoms in total. The van der Waals surface area contributed by atoms with Gasteiger partial charge in [-0.2, -0.15) is 0 Å². The lowest BCUT2D eigenvalue weighted by Gasteiger charge is -2.32. The monoisotopic (exact) mass is 291 g/mol. The molecule has 2 rings (SSSR count). The number of primary amides is 1. The first-order valence-electron chi connectivity index (χ1n) is 6.97. The Balaban J connectivity index is 2.36. The summed E-state index contributed by atoms with van der Waals surface area (Å²) in [5.74, 6) is 0.293. The maximum absolute atomic E-state index is 11.1. The fourth-order valence-corrected chi connectivity index (χ4v) is 2.25. The summed E-state index contributed by atoms with van der Waals surface area (Å²) in [6.07, 6.45) is 0.177. The van der Waals surface area contributed by atoms with E-state index in [-0.39, 0.29) is 12.3 Å². The van der Waals surface area contributed by atoms with E-state index in [0.29, 0.717) is 5.75 Å². The van der Waals surface area contributed by atoms with Crippen LogP contribution in [-0.2, 0) is 20.5 Å². The van der Waals surface area contributed by atoms with E-state index >= 15 is 0 Å². The summed E-state index contributed by atoms with van der Waals surface area (Å²) < 4.78 is 17.4. The van der Waals surface area contributed by atoms with Gasteiger partial charge < -0.3 is 19.8 Å². The van der Waals surface area contributed by atoms with Gasteiger partial charge in [-0.1, -0.05) is 12.1 Å². The number of ether oxygens (including phenoxy) is 1. The zero-order chi connectivity index (χ0) is 15.8. The number of rotatable bonds is 4. The first-order chi connectivity index (χ1) is 9.66. The van der Waals surface area contributed by atoms with E-state index in [1.54, 1.807) is 13.2 Å². The molecule has 0 bridgehead atoms. The van der Waals surface area contributed by atoms with E-state index in [0.717, 1.165) is 11.0 Å². The average Bonchev–Trinajstić information content (AvgIpc) is 2.57. The van der Waals surface area contributed by atoms with Crippen molar-refractivity contribution in [1.82, 2.24) is 0 Å². The topological polar surface area (TPSA) is 70.8 Å². The first kappa shape index (κ1) is 15.9. The minimum Gasteiger partial charge on any atom is -0.497 e. The van der Waals surface area contributed by atoms with Crippen LogP contribution >= 0.6 is 0 Å². The molecule has 1 amide bonds. The molecule has 0 aliphatic carbocycles. The number of carbonyl (C=O) groups excluding carboxylic acids is 1. The van der Waals surface area contributed by atoms with Gasteiger partial charge in [0.2, 0.25) is 5.91 Å². The molecule has 0 spiro atoms. The smallest absolute Gasteiger partial charge is 0.497 e. The van der Waals surface area contributed by atoms with Gasteiger partial charge in [0, 0.05) is 5.46 Å². The van der Waals surface area contributed by atoms with Crippen molar-refractivity contribution < 1.29 is 18.8 Å². The van der Waals surface area contributed by atoms with E-state index in [9.17, 15) is 4.79 Å². The van der Waals surface area contributed by atoms with Crippen molar-refractivity contribution in [3.05, 3.63) is 23.8 Å². The number of methoxy groups -OCH3 is 1. The van der Waals surface area contributed by atoms with E-state index in [1.165, 1.54) is 0 Å². The number of amides is 1. The predicted octanol–water partition coefficient (Wildman–Crippen LogP) is 1.02. The van der Waals surface area contributed by atoms with Gasteiger partial charge in [-0.3, -0.25) is 4.79 Å². The van der Waals surface area contributed by atoms with Gasteiger partial charge in [0.15, 0.2) is 0 Å². The van der Waals surface area contributed by atoms with E-state index < -0.39 is 18.3 Å². The second-order valence-corrected chi connectivity index (χ2v) is 6.31. The molecular formula is C15H22BNO4. The summed E-state index contributed by atoms with van der Waals surface area (Å²) in [4.78, 5) is 11.1. The van der Waals surface area contributed by atoms with Crippen LogP contribution in [0.15, 0.2) is 18.2 Å². The third-order valence-corrected chi connectivity index (χ3v) is 4.18. The predicted molar refractivity (Wildman–Crippen MR) is 81.6 cm³/mol. The Hall–Kier alpha value is -1.53. The van der Waals surface area contributed by atoms with Crippen molar-refractivity contribution in [2.75, 3.05) is 7.11 Å². The maximum atomic E-state index is 11.1. The van der Waals surface area contributed by atoms with Crippen molar-refractivity contribution in [2.45, 2.75) is 45.3 Å². The largest absolute Gasteiger partial charge is 0.498 e. The van der Waals surface area contributed by atoms with Crippen LogP contribution in [0.1, 0.15) is 33.3 Å². The van der Waals surface area contributed by atoms with Crippen molar-refractivity contribution >= 4 is 18.5 Å². The third-order valence-electron chi connectivity index (χ3n) is 4.18. The van der Waals surface area contributed by atoms with Crippen LogP contribution < -0.4 is 15.9 Å². The normalized spacial score (nSPS) is 19.6. The van der Waals surface area contributed by atoms with Crippen LogP contribution in [0.3, 0.4) is 0 Å². The second-order valence-electron chi connectivity index (χ2n) is 6.31. The Kier molecular flexibility index (Phi) is 4.04. The molecule has 0 radical (unpaired) electrons. The van der Waals surface area contributed by atoms with Crippen LogP contribution in [0.5, 0.6) is 5.75 Å². The quantitative estimate of drug-likeness (QED) is 0.841. The van der Waals surface area contributed by atoms with Gasteiger partial charge in [-0.25, -0.2) is 0 Å². The van der Waals surface area contributed by atoms with Crippen molar-refractivity contribution in [3.8, 4) is 5.75 Å². The summed E-state index contributed by atoms with van der Waals surface area (Å²) >= 11 is 0. The van der Waals surface area contributed by atoms with Gasteiger partial charge in [-0.15, -0.1) is 0 Å². The molecule has 0 saturated carbocycles. The molecule has 2 N–H and O–H groups in total. The van der Waals surface area contributed by atoms with Crippen LogP contribution in [-0.4, -0.2) is 31.3 Å². The molecule has 114 valence electrons. The third kappa shape index (κ3) is 3.06. The van der Waals surface area contributed by atoms with Crippen LogP contribution in [0, 0.1) is 0 Å². The molecule has 0 atom stereocenters. The van der Waals surface area contributed by atoms with Crippen LogP contribution in [0.25, 0.3) is 0 Å². The van der Waals surface area contributed by atoms with E-state index in [1.807, 2.05) is 39.8 Å². The number of nitrogens with two attached hydrogens (primary N) is 1. The molecule has 1 saturated heterocycles. The highest BCUT2D eigenvalue weighted by molar-refractivity contribution is 6.63. The fraction of sp³-hybridized carbons (Fsp3) is 0.533. The van der Waals surface area contributed by atoms with E-state index in [4.69, 9.17) is 19.8 Å². The minimum absolute atomic E-state index is 0.177. The lowest BCUT2D eigenvalue weighted by molar-refractivity contribution is -0.117. The zero-order valence-electron chi connectivity index (χ0n) is 13.2. The zero-order valence-corrected chi connectivity index (χ0v) is 13.2. The van der Waals surface area contributed by atoms with Crippen molar-refractivity contribution in [3.63, 3.8) is 0 Å². The lowest BCUT2D eigenvalue weighted by atomic mass is 9.77. The summed E-state index contributed by atoms with van der Waals surface area (Å²) in [5.41, 5.74) is 5.98. The highest BCUT2D eigenvalue weighted by Crippen LogP contribution is 2.37. The fourth-order valence-electron chi connectivity index (χ4n) is 2.25. The SMILES string of the molecule is COc1ccc(CC(N)=O)cc1B1OC(C)(C)C(C)(C)O1. The molecule has 21 heavy (non-hydrogen) atoms. The summed E-state index contributed by atoms with van der Waals surface area (Å²) in [5, 5.41) is 0. The molecule has 1 aromatic rings. The molecule has 1 heterocycles. The second kappa shape index (κ2) is 5.35. The maximum Gasteiger partial charge on any atom is 0.498 e. The van der Waals surface area contributed by atoms with Gasteiger partial charge >= 0.3 is 7.12 Å². The number of hydrogen-bond donors (Lipinski definition) is 1. The summed E-state index contributed by atoms with van der Waals surface area (Å²) in [7, 11) is 1.07. The van der Waals surface area contributed by atoms with Gasteiger partial charge in [-0.05, 0) is 39.3 Å². The first-order valence-corrected chi connectivity index (χ1v) is 6.97. The number of benzene rings is 1. The Morgan fingerprint density at radius 2 is 1.81 bits per heavy atom. The van der Waals surface area contributed by atoms with Crippen molar-refractivity contribution in [2.24, 2.45) is 5.73 Å². The Morgan fingerprint density at radius 1 is 1.24 bits per heavy atom. The molecule has 0 unspecified atom stereocenters. The number of hydrogen-bond acceptors (Lipinski definition) is 4. The molecule has 1 aliphatic rings. The van der Waals surface area contributed by atoms with Gasteiger partial charge in [0.05, 0.1) is 24.7 Å². The van der Waals surface area contributed by atoms with Crippen LogP contribution in [0.2, 0.25) is 0 Å². The Bertz CT molecular complexity index is 541. The lowest BCUT2D eigenvalue weighted by Crippen LogP contribution is -2.41. The molecule has 0 aromatic heterocycles. The van der Waals surface area contributed by atoms with Crippen molar-refractivity contribution in [1.29, 1.82) is 0 Å².